The Bertz CT molecular complexity index is 300. The average Bonchev–Trinajstić information content (AvgIpc) is 2.13. The molecule has 0 radical (unpaired) electrons. The van der Waals surface area contributed by atoms with Crippen molar-refractivity contribution in [3.05, 3.63) is 0 Å². The molecule has 1 aliphatic rings. The quantitative estimate of drug-likeness (QED) is 0.405. The number of aliphatic imine (C=N–C) groups is 1. The summed E-state index contributed by atoms with van der Waals surface area (Å²) in [5.74, 6) is 0.315. The van der Waals surface area contributed by atoms with E-state index in [1.54, 1.807) is 12.3 Å². The zero-order valence-corrected chi connectivity index (χ0v) is 9.19. The SMILES string of the molecule is CC1(C)CC(COC#N)CC(N=C=O)C1. The summed E-state index contributed by atoms with van der Waals surface area (Å²) in [6, 6.07) is 0.0403. The number of nitriles is 1. The van der Waals surface area contributed by atoms with Crippen molar-refractivity contribution < 1.29 is 9.53 Å². The molecule has 15 heavy (non-hydrogen) atoms. The number of isocyanates is 1. The number of hydrogen-bond donors (Lipinski definition) is 0. The predicted molar refractivity (Wildman–Crippen MR) is 54.6 cm³/mol. The molecule has 2 unspecified atom stereocenters. The Hall–Kier alpha value is -1.33. The highest BCUT2D eigenvalue weighted by Gasteiger charge is 2.34. The van der Waals surface area contributed by atoms with Gasteiger partial charge in [-0.2, -0.15) is 5.26 Å². The largest absolute Gasteiger partial charge is 0.427 e. The molecule has 4 heteroatoms. The second-order valence-corrected chi connectivity index (χ2v) is 4.95. The van der Waals surface area contributed by atoms with Crippen LogP contribution in [0.4, 0.5) is 0 Å². The molecule has 0 aromatic rings. The molecule has 0 spiro atoms. The molecule has 0 aromatic carbocycles. The van der Waals surface area contributed by atoms with E-state index in [9.17, 15) is 4.79 Å². The van der Waals surface area contributed by atoms with Gasteiger partial charge >= 0.3 is 0 Å². The van der Waals surface area contributed by atoms with Gasteiger partial charge in [-0.1, -0.05) is 13.8 Å². The minimum absolute atomic E-state index is 0.0403. The molecule has 1 rings (SSSR count). The first kappa shape index (κ1) is 11.7. The van der Waals surface area contributed by atoms with Crippen molar-refractivity contribution in [1.82, 2.24) is 0 Å². The summed E-state index contributed by atoms with van der Waals surface area (Å²) in [6.07, 6.45) is 6.04. The number of rotatable bonds is 3. The van der Waals surface area contributed by atoms with E-state index in [-0.39, 0.29) is 11.5 Å². The van der Waals surface area contributed by atoms with Crippen molar-refractivity contribution in [2.24, 2.45) is 16.3 Å². The Morgan fingerprint density at radius 1 is 1.53 bits per heavy atom. The van der Waals surface area contributed by atoms with Gasteiger partial charge in [-0.15, -0.1) is 0 Å². The molecular formula is C11H16N2O2. The number of ether oxygens (including phenoxy) is 1. The third-order valence-corrected chi connectivity index (χ3v) is 2.85. The van der Waals surface area contributed by atoms with Crippen LogP contribution in [-0.2, 0) is 9.53 Å². The van der Waals surface area contributed by atoms with E-state index in [1.807, 2.05) is 0 Å². The van der Waals surface area contributed by atoms with Crippen LogP contribution in [0.2, 0.25) is 0 Å². The molecule has 0 heterocycles. The first-order chi connectivity index (χ1) is 7.07. The molecule has 0 amide bonds. The standard InChI is InChI=1S/C11H16N2O2/c1-11(2)4-9(6-15-7-12)3-10(5-11)13-8-14/h9-10H,3-6H2,1-2H3. The Kier molecular flexibility index (Phi) is 3.88. The number of carbonyl (C=O) groups excluding carboxylic acids is 1. The van der Waals surface area contributed by atoms with E-state index >= 15 is 0 Å². The average molecular weight is 208 g/mol. The van der Waals surface area contributed by atoms with Gasteiger partial charge < -0.3 is 4.74 Å². The predicted octanol–water partition coefficient (Wildman–Crippen LogP) is 2.01. The van der Waals surface area contributed by atoms with Gasteiger partial charge in [0.2, 0.25) is 6.08 Å². The minimum atomic E-state index is 0.0403. The first-order valence-electron chi connectivity index (χ1n) is 5.15. The molecule has 4 nitrogen and oxygen atoms in total. The Morgan fingerprint density at radius 2 is 2.27 bits per heavy atom. The van der Waals surface area contributed by atoms with E-state index in [2.05, 4.69) is 18.8 Å². The molecule has 0 aromatic heterocycles. The smallest absolute Gasteiger partial charge is 0.286 e. The van der Waals surface area contributed by atoms with Crippen molar-refractivity contribution in [2.45, 2.75) is 39.2 Å². The molecule has 1 aliphatic carbocycles. The zero-order valence-electron chi connectivity index (χ0n) is 9.19. The van der Waals surface area contributed by atoms with E-state index in [0.717, 1.165) is 19.3 Å². The summed E-state index contributed by atoms with van der Waals surface area (Å²) in [5, 5.41) is 8.34. The second-order valence-electron chi connectivity index (χ2n) is 4.95. The van der Waals surface area contributed by atoms with Gasteiger partial charge in [0.25, 0.3) is 6.26 Å². The van der Waals surface area contributed by atoms with Crippen LogP contribution in [0.5, 0.6) is 0 Å². The van der Waals surface area contributed by atoms with Crippen LogP contribution in [0, 0.1) is 22.9 Å². The molecular weight excluding hydrogens is 192 g/mol. The fourth-order valence-electron chi connectivity index (χ4n) is 2.51. The first-order valence-corrected chi connectivity index (χ1v) is 5.15. The van der Waals surface area contributed by atoms with Gasteiger partial charge in [0.05, 0.1) is 6.04 Å². The summed E-state index contributed by atoms with van der Waals surface area (Å²) >= 11 is 0. The maximum atomic E-state index is 10.2. The molecule has 82 valence electrons. The van der Waals surface area contributed by atoms with E-state index in [4.69, 9.17) is 10.00 Å². The molecule has 1 fully saturated rings. The lowest BCUT2D eigenvalue weighted by molar-refractivity contribution is 0.103. The summed E-state index contributed by atoms with van der Waals surface area (Å²) < 4.78 is 4.76. The van der Waals surface area contributed by atoms with Crippen molar-refractivity contribution >= 4 is 6.08 Å². The topological polar surface area (TPSA) is 62.4 Å². The third kappa shape index (κ3) is 3.73. The van der Waals surface area contributed by atoms with Gasteiger partial charge in [0.15, 0.2) is 0 Å². The monoisotopic (exact) mass is 208 g/mol. The zero-order chi connectivity index (χ0) is 11.3. The van der Waals surface area contributed by atoms with Gasteiger partial charge in [-0.25, -0.2) is 9.79 Å². The van der Waals surface area contributed by atoms with Crippen LogP contribution in [0.15, 0.2) is 4.99 Å². The molecule has 0 saturated heterocycles. The fourth-order valence-corrected chi connectivity index (χ4v) is 2.51. The van der Waals surface area contributed by atoms with Crippen LogP contribution >= 0.6 is 0 Å². The summed E-state index contributed by atoms with van der Waals surface area (Å²) in [6.45, 7) is 4.74. The lowest BCUT2D eigenvalue weighted by Gasteiger charge is -2.37. The summed E-state index contributed by atoms with van der Waals surface area (Å²) in [4.78, 5) is 14.0. The van der Waals surface area contributed by atoms with E-state index in [0.29, 0.717) is 12.5 Å². The van der Waals surface area contributed by atoms with Crippen molar-refractivity contribution in [3.8, 4) is 6.26 Å². The van der Waals surface area contributed by atoms with Gasteiger partial charge in [0.1, 0.15) is 6.61 Å². The summed E-state index contributed by atoms with van der Waals surface area (Å²) in [7, 11) is 0. The van der Waals surface area contributed by atoms with E-state index in [1.165, 1.54) is 0 Å². The van der Waals surface area contributed by atoms with Gasteiger partial charge in [0, 0.05) is 0 Å². The maximum Gasteiger partial charge on any atom is 0.286 e. The highest BCUT2D eigenvalue weighted by Crippen LogP contribution is 2.39. The van der Waals surface area contributed by atoms with Crippen molar-refractivity contribution in [1.29, 1.82) is 5.26 Å². The number of hydrogen-bond acceptors (Lipinski definition) is 4. The minimum Gasteiger partial charge on any atom is -0.427 e. The van der Waals surface area contributed by atoms with Crippen LogP contribution in [0.3, 0.4) is 0 Å². The molecule has 1 saturated carbocycles. The highest BCUT2D eigenvalue weighted by molar-refractivity contribution is 5.33. The lowest BCUT2D eigenvalue weighted by atomic mass is 9.70. The van der Waals surface area contributed by atoms with Gasteiger partial charge in [-0.3, -0.25) is 0 Å². The Labute approximate surface area is 89.9 Å². The molecule has 2 atom stereocenters. The third-order valence-electron chi connectivity index (χ3n) is 2.85. The van der Waals surface area contributed by atoms with Crippen LogP contribution in [0.1, 0.15) is 33.1 Å². The Morgan fingerprint density at radius 3 is 2.87 bits per heavy atom. The molecule has 0 bridgehead atoms. The number of nitrogens with zero attached hydrogens (tertiary/aromatic N) is 2. The van der Waals surface area contributed by atoms with Crippen molar-refractivity contribution in [2.75, 3.05) is 6.61 Å². The van der Waals surface area contributed by atoms with Crippen LogP contribution in [-0.4, -0.2) is 18.7 Å². The summed E-state index contributed by atoms with van der Waals surface area (Å²) in [5.41, 5.74) is 0.159. The Balaban J connectivity index is 2.60. The normalized spacial score (nSPS) is 28.6. The lowest BCUT2D eigenvalue weighted by Crippen LogP contribution is -2.32. The second kappa shape index (κ2) is 4.95. The van der Waals surface area contributed by atoms with Crippen LogP contribution in [0.25, 0.3) is 0 Å². The van der Waals surface area contributed by atoms with E-state index < -0.39 is 0 Å². The van der Waals surface area contributed by atoms with Crippen molar-refractivity contribution in [3.63, 3.8) is 0 Å². The van der Waals surface area contributed by atoms with Gasteiger partial charge in [-0.05, 0) is 30.6 Å². The fraction of sp³-hybridized carbons (Fsp3) is 0.818. The highest BCUT2D eigenvalue weighted by atomic mass is 16.5. The molecule has 0 N–H and O–H groups in total. The molecule has 0 aliphatic heterocycles. The maximum absolute atomic E-state index is 10.2. The van der Waals surface area contributed by atoms with Crippen LogP contribution < -0.4 is 0 Å².